The van der Waals surface area contributed by atoms with Crippen LogP contribution in [0.2, 0.25) is 0 Å². The van der Waals surface area contributed by atoms with Crippen molar-refractivity contribution in [3.8, 4) is 11.5 Å². The third-order valence-corrected chi connectivity index (χ3v) is 3.06. The quantitative estimate of drug-likeness (QED) is 0.506. The van der Waals surface area contributed by atoms with Crippen molar-refractivity contribution in [2.45, 2.75) is 19.4 Å². The first-order valence-electron chi connectivity index (χ1n) is 5.45. The number of hydrogen-bond donors (Lipinski definition) is 3. The number of thioether (sulfide) groups is 1. The molecule has 0 atom stereocenters. The van der Waals surface area contributed by atoms with Gasteiger partial charge in [-0.1, -0.05) is 12.1 Å². The number of benzene rings is 1. The summed E-state index contributed by atoms with van der Waals surface area (Å²) in [6.45, 7) is 1.54. The van der Waals surface area contributed by atoms with Gasteiger partial charge in [0.15, 0.2) is 11.5 Å². The van der Waals surface area contributed by atoms with Crippen LogP contribution in [0.5, 0.6) is 11.5 Å². The Balaban J connectivity index is 2.24. The Labute approximate surface area is 101 Å². The van der Waals surface area contributed by atoms with Gasteiger partial charge in [-0.05, 0) is 37.5 Å². The van der Waals surface area contributed by atoms with Crippen molar-refractivity contribution in [2.24, 2.45) is 0 Å². The second-order valence-electron chi connectivity index (χ2n) is 3.66. The Morgan fingerprint density at radius 3 is 2.81 bits per heavy atom. The number of nitrogens with one attached hydrogen (secondary N) is 1. The molecule has 0 amide bonds. The highest BCUT2D eigenvalue weighted by atomic mass is 32.2. The van der Waals surface area contributed by atoms with Crippen LogP contribution < -0.4 is 5.32 Å². The van der Waals surface area contributed by atoms with Gasteiger partial charge in [-0.2, -0.15) is 11.8 Å². The molecule has 16 heavy (non-hydrogen) atoms. The smallest absolute Gasteiger partial charge is 0.161 e. The summed E-state index contributed by atoms with van der Waals surface area (Å²) in [5.41, 5.74) is 0.741. The van der Waals surface area contributed by atoms with Gasteiger partial charge in [0.05, 0.1) is 0 Å². The van der Waals surface area contributed by atoms with E-state index in [1.807, 2.05) is 17.8 Å². The first-order valence-corrected chi connectivity index (χ1v) is 6.84. The van der Waals surface area contributed by atoms with Gasteiger partial charge in [0, 0.05) is 12.1 Å². The molecular formula is C12H19NO2S. The van der Waals surface area contributed by atoms with Crippen LogP contribution in [0.15, 0.2) is 18.2 Å². The lowest BCUT2D eigenvalue weighted by Crippen LogP contribution is -2.14. The van der Waals surface area contributed by atoms with Gasteiger partial charge in [0.25, 0.3) is 0 Å². The minimum absolute atomic E-state index is 0.0147. The molecule has 0 aliphatic rings. The number of phenolic OH excluding ortho intramolecular Hbond substituents is 2. The highest BCUT2D eigenvalue weighted by molar-refractivity contribution is 7.98. The van der Waals surface area contributed by atoms with E-state index in [4.69, 9.17) is 0 Å². The second-order valence-corrected chi connectivity index (χ2v) is 4.65. The van der Waals surface area contributed by atoms with E-state index in [1.165, 1.54) is 18.2 Å². The largest absolute Gasteiger partial charge is 0.504 e. The molecule has 0 saturated carbocycles. The Hall–Kier alpha value is -0.870. The monoisotopic (exact) mass is 241 g/mol. The van der Waals surface area contributed by atoms with Crippen LogP contribution in [0.1, 0.15) is 18.4 Å². The van der Waals surface area contributed by atoms with Crippen molar-refractivity contribution in [2.75, 3.05) is 18.6 Å². The molecule has 0 aliphatic carbocycles. The molecule has 0 aliphatic heterocycles. The molecule has 4 heteroatoms. The molecule has 1 rings (SSSR count). The average molecular weight is 241 g/mol. The lowest BCUT2D eigenvalue weighted by molar-refractivity contribution is 0.397. The van der Waals surface area contributed by atoms with E-state index in [9.17, 15) is 10.2 Å². The molecule has 0 bridgehead atoms. The van der Waals surface area contributed by atoms with Crippen molar-refractivity contribution in [1.29, 1.82) is 0 Å². The normalized spacial score (nSPS) is 10.6. The zero-order chi connectivity index (χ0) is 11.8. The van der Waals surface area contributed by atoms with Gasteiger partial charge >= 0.3 is 0 Å². The van der Waals surface area contributed by atoms with Crippen LogP contribution in [0, 0.1) is 0 Å². The number of aromatic hydroxyl groups is 2. The summed E-state index contributed by atoms with van der Waals surface area (Å²) in [7, 11) is 0. The summed E-state index contributed by atoms with van der Waals surface area (Å²) in [4.78, 5) is 0. The topological polar surface area (TPSA) is 52.5 Å². The Morgan fingerprint density at radius 2 is 2.06 bits per heavy atom. The van der Waals surface area contributed by atoms with E-state index in [1.54, 1.807) is 6.07 Å². The molecule has 0 spiro atoms. The van der Waals surface area contributed by atoms with Gasteiger partial charge < -0.3 is 15.5 Å². The van der Waals surface area contributed by atoms with E-state index < -0.39 is 0 Å². The Kier molecular flexibility index (Phi) is 6.11. The molecule has 0 aromatic heterocycles. The summed E-state index contributed by atoms with van der Waals surface area (Å²) < 4.78 is 0. The van der Waals surface area contributed by atoms with E-state index in [0.717, 1.165) is 18.5 Å². The average Bonchev–Trinajstić information content (AvgIpc) is 2.29. The van der Waals surface area contributed by atoms with Crippen LogP contribution in [0.4, 0.5) is 0 Å². The maximum Gasteiger partial charge on any atom is 0.161 e. The third-order valence-electron chi connectivity index (χ3n) is 2.37. The Bertz CT molecular complexity index is 318. The maximum absolute atomic E-state index is 9.54. The lowest BCUT2D eigenvalue weighted by Gasteiger charge is -2.07. The van der Waals surface area contributed by atoms with E-state index in [0.29, 0.717) is 6.54 Å². The van der Waals surface area contributed by atoms with Gasteiger partial charge in [-0.15, -0.1) is 0 Å². The fraction of sp³-hybridized carbons (Fsp3) is 0.500. The predicted octanol–water partition coefficient (Wildman–Crippen LogP) is 2.33. The summed E-state index contributed by atoms with van der Waals surface area (Å²) in [6, 6.07) is 5.03. The molecule has 90 valence electrons. The van der Waals surface area contributed by atoms with Crippen LogP contribution in [-0.4, -0.2) is 28.8 Å². The van der Waals surface area contributed by atoms with Crippen LogP contribution in [0.3, 0.4) is 0 Å². The number of rotatable bonds is 7. The Morgan fingerprint density at radius 1 is 1.25 bits per heavy atom. The van der Waals surface area contributed by atoms with Crippen LogP contribution >= 0.6 is 11.8 Å². The maximum atomic E-state index is 9.54. The molecule has 1 aromatic carbocycles. The van der Waals surface area contributed by atoms with Crippen molar-refractivity contribution in [1.82, 2.24) is 5.32 Å². The molecule has 0 heterocycles. The fourth-order valence-electron chi connectivity index (χ4n) is 1.44. The molecule has 1 aromatic rings. The zero-order valence-corrected chi connectivity index (χ0v) is 10.4. The standard InChI is InChI=1S/C12H19NO2S/c1-16-8-3-2-7-13-9-10-5-4-6-11(14)12(10)15/h4-6,13-15H,2-3,7-9H2,1H3. The number of para-hydroxylation sites is 1. The first kappa shape index (κ1) is 13.2. The van der Waals surface area contributed by atoms with Gasteiger partial charge in [0.2, 0.25) is 0 Å². The minimum Gasteiger partial charge on any atom is -0.504 e. The molecule has 0 unspecified atom stereocenters. The van der Waals surface area contributed by atoms with Crippen molar-refractivity contribution in [3.63, 3.8) is 0 Å². The van der Waals surface area contributed by atoms with Gasteiger partial charge in [0.1, 0.15) is 0 Å². The highest BCUT2D eigenvalue weighted by Gasteiger charge is 2.04. The van der Waals surface area contributed by atoms with E-state index in [2.05, 4.69) is 11.6 Å². The molecular weight excluding hydrogens is 222 g/mol. The fourth-order valence-corrected chi connectivity index (χ4v) is 1.93. The van der Waals surface area contributed by atoms with Crippen molar-refractivity contribution >= 4 is 11.8 Å². The molecule has 0 radical (unpaired) electrons. The van der Waals surface area contributed by atoms with Crippen molar-refractivity contribution < 1.29 is 10.2 Å². The molecule has 0 saturated heterocycles. The zero-order valence-electron chi connectivity index (χ0n) is 9.57. The van der Waals surface area contributed by atoms with Crippen LogP contribution in [0.25, 0.3) is 0 Å². The van der Waals surface area contributed by atoms with Crippen molar-refractivity contribution in [3.05, 3.63) is 23.8 Å². The van der Waals surface area contributed by atoms with Gasteiger partial charge in [-0.3, -0.25) is 0 Å². The van der Waals surface area contributed by atoms with E-state index >= 15 is 0 Å². The number of phenols is 2. The number of hydrogen-bond acceptors (Lipinski definition) is 4. The summed E-state index contributed by atoms with van der Waals surface area (Å²) >= 11 is 1.86. The highest BCUT2D eigenvalue weighted by Crippen LogP contribution is 2.27. The minimum atomic E-state index is -0.0540. The number of unbranched alkanes of at least 4 members (excludes halogenated alkanes) is 1. The summed E-state index contributed by atoms with van der Waals surface area (Å²) in [5, 5.41) is 22.1. The second kappa shape index (κ2) is 7.41. The first-order chi connectivity index (χ1) is 7.75. The lowest BCUT2D eigenvalue weighted by atomic mass is 10.2. The molecule has 3 N–H and O–H groups in total. The predicted molar refractivity (Wildman–Crippen MR) is 69.1 cm³/mol. The molecule has 0 fully saturated rings. The summed E-state index contributed by atoms with van der Waals surface area (Å²) in [6.07, 6.45) is 4.46. The van der Waals surface area contributed by atoms with Crippen LogP contribution in [-0.2, 0) is 6.54 Å². The third kappa shape index (κ3) is 4.33. The van der Waals surface area contributed by atoms with Gasteiger partial charge in [-0.25, -0.2) is 0 Å². The molecule has 3 nitrogen and oxygen atoms in total. The van der Waals surface area contributed by atoms with E-state index in [-0.39, 0.29) is 11.5 Å². The summed E-state index contributed by atoms with van der Waals surface area (Å²) in [5.74, 6) is 1.12. The SMILES string of the molecule is CSCCCCNCc1cccc(O)c1O.